The summed E-state index contributed by atoms with van der Waals surface area (Å²) in [5.41, 5.74) is 3.92. The minimum absolute atomic E-state index is 0.187. The zero-order valence-corrected chi connectivity index (χ0v) is 18.3. The average Bonchev–Trinajstić information content (AvgIpc) is 3.10. The van der Waals surface area contributed by atoms with Crippen molar-refractivity contribution in [1.82, 2.24) is 9.55 Å². The van der Waals surface area contributed by atoms with Gasteiger partial charge in [0, 0.05) is 35.8 Å². The molecule has 6 nitrogen and oxygen atoms in total. The number of aliphatic carboxylic acids is 1. The number of benzene rings is 2. The Kier molecular flexibility index (Phi) is 5.92. The third-order valence-corrected chi connectivity index (χ3v) is 7.31. The molecule has 0 fully saturated rings. The van der Waals surface area contributed by atoms with Crippen molar-refractivity contribution in [3.8, 4) is 11.3 Å². The highest BCUT2D eigenvalue weighted by atomic mass is 32.2. The second-order valence-electron chi connectivity index (χ2n) is 7.46. The van der Waals surface area contributed by atoms with Gasteiger partial charge < -0.3 is 9.67 Å². The lowest BCUT2D eigenvalue weighted by molar-refractivity contribution is -0.137. The molecule has 1 N–H and O–H groups in total. The molecule has 2 aromatic carbocycles. The number of pyridine rings is 1. The van der Waals surface area contributed by atoms with E-state index in [1.807, 2.05) is 31.2 Å². The van der Waals surface area contributed by atoms with E-state index >= 15 is 0 Å². The lowest BCUT2D eigenvalue weighted by atomic mass is 10.0. The molecule has 0 atom stereocenters. The second kappa shape index (κ2) is 8.80. The molecule has 32 heavy (non-hydrogen) atoms. The van der Waals surface area contributed by atoms with E-state index in [1.165, 1.54) is 0 Å². The van der Waals surface area contributed by atoms with Gasteiger partial charge in [0.05, 0.1) is 9.79 Å². The number of hydrogen-bond acceptors (Lipinski definition) is 4. The standard InChI is InChI=1S/C25H22N2O4S/c1-18-21(16-23(27(18)17-25(28)29)19-11-13-26-14-12-19)15-20-7-5-6-10-24(20)32(30,31)22-8-3-2-4-9-22/h2-14,16H,15,17H2,1H3,(H,28,29). The van der Waals surface area contributed by atoms with Crippen molar-refractivity contribution in [2.75, 3.05) is 0 Å². The van der Waals surface area contributed by atoms with Crippen LogP contribution in [-0.4, -0.2) is 29.0 Å². The molecule has 0 spiro atoms. The van der Waals surface area contributed by atoms with Crippen LogP contribution in [0.2, 0.25) is 0 Å². The van der Waals surface area contributed by atoms with Crippen LogP contribution in [0.5, 0.6) is 0 Å². The Morgan fingerprint density at radius 3 is 2.28 bits per heavy atom. The van der Waals surface area contributed by atoms with Crippen LogP contribution in [0.25, 0.3) is 11.3 Å². The van der Waals surface area contributed by atoms with Gasteiger partial charge in [-0.25, -0.2) is 8.42 Å². The monoisotopic (exact) mass is 446 g/mol. The van der Waals surface area contributed by atoms with E-state index in [0.717, 1.165) is 22.5 Å². The van der Waals surface area contributed by atoms with E-state index in [-0.39, 0.29) is 16.3 Å². The van der Waals surface area contributed by atoms with Gasteiger partial charge in [-0.3, -0.25) is 9.78 Å². The predicted octanol–water partition coefficient (Wildman–Crippen LogP) is 4.37. The maximum Gasteiger partial charge on any atom is 0.323 e. The molecule has 0 radical (unpaired) electrons. The Morgan fingerprint density at radius 1 is 0.938 bits per heavy atom. The number of hydrogen-bond donors (Lipinski definition) is 1. The van der Waals surface area contributed by atoms with Crippen LogP contribution >= 0.6 is 0 Å². The van der Waals surface area contributed by atoms with Crippen molar-refractivity contribution < 1.29 is 18.3 Å². The van der Waals surface area contributed by atoms with E-state index in [1.54, 1.807) is 65.5 Å². The number of rotatable bonds is 7. The topological polar surface area (TPSA) is 89.3 Å². The number of carbonyl (C=O) groups is 1. The summed E-state index contributed by atoms with van der Waals surface area (Å²) >= 11 is 0. The van der Waals surface area contributed by atoms with Crippen molar-refractivity contribution in [1.29, 1.82) is 0 Å². The second-order valence-corrected chi connectivity index (χ2v) is 9.38. The molecule has 162 valence electrons. The van der Waals surface area contributed by atoms with E-state index in [9.17, 15) is 18.3 Å². The molecule has 7 heteroatoms. The molecule has 4 rings (SSSR count). The Bertz CT molecular complexity index is 1360. The molecule has 0 unspecified atom stereocenters. The van der Waals surface area contributed by atoms with Gasteiger partial charge in [-0.1, -0.05) is 36.4 Å². The minimum Gasteiger partial charge on any atom is -0.480 e. The first-order valence-corrected chi connectivity index (χ1v) is 11.6. The average molecular weight is 447 g/mol. The number of carboxylic acid groups (broad SMARTS) is 1. The van der Waals surface area contributed by atoms with Gasteiger partial charge in [-0.2, -0.15) is 0 Å². The van der Waals surface area contributed by atoms with Crippen LogP contribution in [0, 0.1) is 6.92 Å². The molecule has 0 saturated heterocycles. The van der Waals surface area contributed by atoms with E-state index < -0.39 is 15.8 Å². The highest BCUT2D eigenvalue weighted by molar-refractivity contribution is 7.91. The fourth-order valence-electron chi connectivity index (χ4n) is 3.83. The van der Waals surface area contributed by atoms with Crippen molar-refractivity contribution in [2.24, 2.45) is 0 Å². The van der Waals surface area contributed by atoms with Crippen molar-refractivity contribution >= 4 is 15.8 Å². The van der Waals surface area contributed by atoms with Crippen molar-refractivity contribution in [3.05, 3.63) is 102 Å². The van der Waals surface area contributed by atoms with Gasteiger partial charge in [0.1, 0.15) is 6.54 Å². The molecule has 0 aliphatic rings. The van der Waals surface area contributed by atoms with E-state index in [2.05, 4.69) is 4.98 Å². The SMILES string of the molecule is Cc1c(Cc2ccccc2S(=O)(=O)c2ccccc2)cc(-c2ccncc2)n1CC(=O)O. The van der Waals surface area contributed by atoms with E-state index in [0.29, 0.717) is 12.0 Å². The van der Waals surface area contributed by atoms with Gasteiger partial charge in [-0.05, 0) is 54.4 Å². The Hall–Kier alpha value is -3.71. The van der Waals surface area contributed by atoms with Crippen LogP contribution in [0.3, 0.4) is 0 Å². The third kappa shape index (κ3) is 4.20. The van der Waals surface area contributed by atoms with Crippen molar-refractivity contribution in [3.63, 3.8) is 0 Å². The summed E-state index contributed by atoms with van der Waals surface area (Å²) < 4.78 is 28.3. The highest BCUT2D eigenvalue weighted by Crippen LogP contribution is 2.30. The van der Waals surface area contributed by atoms with Gasteiger partial charge in [0.25, 0.3) is 0 Å². The first-order chi connectivity index (χ1) is 15.4. The summed E-state index contributed by atoms with van der Waals surface area (Å²) in [7, 11) is -3.69. The van der Waals surface area contributed by atoms with Crippen molar-refractivity contribution in [2.45, 2.75) is 29.7 Å². The lowest BCUT2D eigenvalue weighted by Gasteiger charge is -2.12. The molecule has 0 bridgehead atoms. The molecular weight excluding hydrogens is 424 g/mol. The van der Waals surface area contributed by atoms with Gasteiger partial charge in [0.2, 0.25) is 9.84 Å². The van der Waals surface area contributed by atoms with Crippen LogP contribution in [0.4, 0.5) is 0 Å². The third-order valence-electron chi connectivity index (χ3n) is 5.44. The van der Waals surface area contributed by atoms with Gasteiger partial charge in [-0.15, -0.1) is 0 Å². The molecule has 0 amide bonds. The number of nitrogens with zero attached hydrogens (tertiary/aromatic N) is 2. The number of sulfone groups is 1. The molecule has 2 aromatic heterocycles. The Balaban J connectivity index is 1.80. The normalized spacial score (nSPS) is 11.4. The predicted molar refractivity (Wildman–Crippen MR) is 121 cm³/mol. The molecule has 0 saturated carbocycles. The molecule has 0 aliphatic heterocycles. The zero-order valence-electron chi connectivity index (χ0n) is 17.5. The fourth-order valence-corrected chi connectivity index (χ4v) is 5.34. The van der Waals surface area contributed by atoms with Crippen LogP contribution in [0.15, 0.2) is 95.0 Å². The number of aromatic nitrogens is 2. The largest absolute Gasteiger partial charge is 0.480 e. The summed E-state index contributed by atoms with van der Waals surface area (Å²) in [6.07, 6.45) is 3.67. The molecular formula is C25H22N2O4S. The maximum atomic E-state index is 13.3. The minimum atomic E-state index is -3.69. The van der Waals surface area contributed by atoms with E-state index in [4.69, 9.17) is 0 Å². The summed E-state index contributed by atoms with van der Waals surface area (Å²) in [4.78, 5) is 16.0. The summed E-state index contributed by atoms with van der Waals surface area (Å²) in [6, 6.07) is 20.9. The summed E-state index contributed by atoms with van der Waals surface area (Å²) in [5.74, 6) is -0.947. The Labute approximate surface area is 186 Å². The highest BCUT2D eigenvalue weighted by Gasteiger charge is 2.22. The van der Waals surface area contributed by atoms with Gasteiger partial charge >= 0.3 is 5.97 Å². The van der Waals surface area contributed by atoms with Crippen LogP contribution in [0.1, 0.15) is 16.8 Å². The summed E-state index contributed by atoms with van der Waals surface area (Å²) in [6.45, 7) is 1.67. The first kappa shape index (κ1) is 21.5. The Morgan fingerprint density at radius 2 is 1.59 bits per heavy atom. The van der Waals surface area contributed by atoms with Crippen LogP contribution < -0.4 is 0 Å². The quantitative estimate of drug-likeness (QED) is 0.455. The first-order valence-electron chi connectivity index (χ1n) is 10.1. The number of carboxylic acids is 1. The summed E-state index contributed by atoms with van der Waals surface area (Å²) in [5, 5.41) is 9.43. The van der Waals surface area contributed by atoms with Gasteiger partial charge in [0.15, 0.2) is 0 Å². The lowest BCUT2D eigenvalue weighted by Crippen LogP contribution is -2.12. The molecule has 2 heterocycles. The smallest absolute Gasteiger partial charge is 0.323 e. The maximum absolute atomic E-state index is 13.3. The zero-order chi connectivity index (χ0) is 22.7. The molecule has 0 aliphatic carbocycles. The fraction of sp³-hybridized carbons (Fsp3) is 0.120. The van der Waals surface area contributed by atoms with Crippen LogP contribution in [-0.2, 0) is 27.6 Å². The molecule has 4 aromatic rings.